The number of carbonyl (C=O) groups excluding carboxylic acids is 2. The van der Waals surface area contributed by atoms with Gasteiger partial charge >= 0.3 is 5.97 Å². The highest BCUT2D eigenvalue weighted by molar-refractivity contribution is 6.06. The summed E-state index contributed by atoms with van der Waals surface area (Å²) in [6.45, 7) is 5.78. The molecule has 0 saturated heterocycles. The van der Waals surface area contributed by atoms with E-state index in [1.807, 2.05) is 44.2 Å². The second-order valence-corrected chi connectivity index (χ2v) is 6.46. The third-order valence-corrected chi connectivity index (χ3v) is 4.26. The van der Waals surface area contributed by atoms with Crippen LogP contribution in [-0.4, -0.2) is 11.8 Å². The number of ether oxygens (including phenoxy) is 1. The van der Waals surface area contributed by atoms with Crippen molar-refractivity contribution >= 4 is 11.8 Å². The van der Waals surface area contributed by atoms with Gasteiger partial charge in [0, 0.05) is 5.41 Å². The largest absolute Gasteiger partial charge is 0.460 e. The summed E-state index contributed by atoms with van der Waals surface area (Å²) in [5.41, 5.74) is -0.484. The van der Waals surface area contributed by atoms with Gasteiger partial charge in [-0.15, -0.1) is 0 Å². The van der Waals surface area contributed by atoms with Crippen LogP contribution in [0.5, 0.6) is 0 Å². The zero-order chi connectivity index (χ0) is 14.8. The Balaban J connectivity index is 2.06. The molecule has 1 fully saturated rings. The van der Waals surface area contributed by atoms with Crippen molar-refractivity contribution in [3.63, 3.8) is 0 Å². The maximum absolute atomic E-state index is 12.5. The molecule has 0 radical (unpaired) electrons. The van der Waals surface area contributed by atoms with Crippen LogP contribution in [0.4, 0.5) is 0 Å². The van der Waals surface area contributed by atoms with E-state index >= 15 is 0 Å². The Morgan fingerprint density at radius 1 is 1.15 bits per heavy atom. The first kappa shape index (κ1) is 14.8. The first-order chi connectivity index (χ1) is 9.36. The highest BCUT2D eigenvalue weighted by atomic mass is 16.5. The van der Waals surface area contributed by atoms with Gasteiger partial charge in [-0.05, 0) is 25.3 Å². The van der Waals surface area contributed by atoms with Gasteiger partial charge in [0.25, 0.3) is 0 Å². The molecule has 1 aliphatic rings. The average molecular weight is 274 g/mol. The van der Waals surface area contributed by atoms with Gasteiger partial charge in [0.05, 0.1) is 0 Å². The maximum atomic E-state index is 12.5. The minimum atomic E-state index is -0.990. The van der Waals surface area contributed by atoms with E-state index in [4.69, 9.17) is 4.74 Å². The lowest BCUT2D eigenvalue weighted by Crippen LogP contribution is -2.48. The van der Waals surface area contributed by atoms with Crippen molar-refractivity contribution in [3.8, 4) is 0 Å². The van der Waals surface area contributed by atoms with Crippen molar-refractivity contribution < 1.29 is 14.3 Å². The molecule has 1 aromatic rings. The number of rotatable bonds is 3. The van der Waals surface area contributed by atoms with E-state index < -0.39 is 10.8 Å². The summed E-state index contributed by atoms with van der Waals surface area (Å²) >= 11 is 0. The van der Waals surface area contributed by atoms with Crippen LogP contribution in [-0.2, 0) is 20.9 Å². The Morgan fingerprint density at radius 3 is 2.45 bits per heavy atom. The van der Waals surface area contributed by atoms with Crippen molar-refractivity contribution in [2.24, 2.45) is 10.8 Å². The van der Waals surface area contributed by atoms with E-state index in [1.54, 1.807) is 6.92 Å². The topological polar surface area (TPSA) is 43.4 Å². The molecular weight excluding hydrogens is 252 g/mol. The van der Waals surface area contributed by atoms with Gasteiger partial charge in [-0.2, -0.15) is 0 Å². The number of Topliss-reactive ketones (excluding diaryl/α,β-unsaturated/α-hetero) is 1. The fraction of sp³-hybridized carbons (Fsp3) is 0.529. The summed E-state index contributed by atoms with van der Waals surface area (Å²) in [6.07, 6.45) is 2.31. The van der Waals surface area contributed by atoms with Crippen LogP contribution in [0.2, 0.25) is 0 Å². The van der Waals surface area contributed by atoms with Crippen LogP contribution in [0, 0.1) is 10.8 Å². The number of hydrogen-bond donors (Lipinski definition) is 0. The van der Waals surface area contributed by atoms with Crippen LogP contribution in [0.25, 0.3) is 0 Å². The molecule has 3 heteroatoms. The molecule has 0 bridgehead atoms. The predicted molar refractivity (Wildman–Crippen MR) is 77.0 cm³/mol. The molecular formula is C17H22O3. The van der Waals surface area contributed by atoms with E-state index in [2.05, 4.69) is 0 Å². The standard InChI is InChI=1S/C17H22O3/c1-16(2)10-7-11-17(3,14(16)18)15(19)20-12-13-8-5-4-6-9-13/h4-6,8-9H,7,10-12H2,1-3H3. The Hall–Kier alpha value is -1.64. The highest BCUT2D eigenvalue weighted by Crippen LogP contribution is 2.43. The molecule has 0 aliphatic heterocycles. The van der Waals surface area contributed by atoms with Gasteiger partial charge in [-0.25, -0.2) is 0 Å². The molecule has 1 atom stereocenters. The van der Waals surface area contributed by atoms with E-state index in [-0.39, 0.29) is 18.4 Å². The fourth-order valence-electron chi connectivity index (χ4n) is 2.93. The van der Waals surface area contributed by atoms with Gasteiger partial charge in [-0.1, -0.05) is 50.6 Å². The molecule has 1 unspecified atom stereocenters. The van der Waals surface area contributed by atoms with Crippen molar-refractivity contribution in [3.05, 3.63) is 35.9 Å². The number of ketones is 1. The monoisotopic (exact) mass is 274 g/mol. The zero-order valence-corrected chi connectivity index (χ0v) is 12.4. The highest BCUT2D eigenvalue weighted by Gasteiger charge is 2.51. The lowest BCUT2D eigenvalue weighted by atomic mass is 9.63. The summed E-state index contributed by atoms with van der Waals surface area (Å²) < 4.78 is 5.37. The van der Waals surface area contributed by atoms with Gasteiger partial charge < -0.3 is 4.74 Å². The van der Waals surface area contributed by atoms with Crippen molar-refractivity contribution in [1.82, 2.24) is 0 Å². The summed E-state index contributed by atoms with van der Waals surface area (Å²) in [5, 5.41) is 0. The molecule has 0 amide bonds. The second kappa shape index (κ2) is 5.39. The SMILES string of the molecule is CC1(C)CCCC(C)(C(=O)OCc2ccccc2)C1=O. The molecule has 0 N–H and O–H groups in total. The zero-order valence-electron chi connectivity index (χ0n) is 12.4. The molecule has 3 nitrogen and oxygen atoms in total. The average Bonchev–Trinajstić information content (AvgIpc) is 2.43. The molecule has 2 rings (SSSR count). The van der Waals surface area contributed by atoms with Crippen LogP contribution < -0.4 is 0 Å². The lowest BCUT2D eigenvalue weighted by Gasteiger charge is -2.39. The third kappa shape index (κ3) is 2.77. The molecule has 0 heterocycles. The van der Waals surface area contributed by atoms with Crippen LogP contribution in [0.3, 0.4) is 0 Å². The Morgan fingerprint density at radius 2 is 1.80 bits per heavy atom. The number of hydrogen-bond acceptors (Lipinski definition) is 3. The van der Waals surface area contributed by atoms with E-state index in [0.717, 1.165) is 18.4 Å². The minimum Gasteiger partial charge on any atom is -0.460 e. The van der Waals surface area contributed by atoms with Crippen LogP contribution in [0.15, 0.2) is 30.3 Å². The molecule has 1 aromatic carbocycles. The van der Waals surface area contributed by atoms with Gasteiger partial charge in [-0.3, -0.25) is 9.59 Å². The molecule has 0 aromatic heterocycles. The smallest absolute Gasteiger partial charge is 0.319 e. The third-order valence-electron chi connectivity index (χ3n) is 4.26. The van der Waals surface area contributed by atoms with Crippen molar-refractivity contribution in [1.29, 1.82) is 0 Å². The van der Waals surface area contributed by atoms with E-state index in [9.17, 15) is 9.59 Å². The van der Waals surface area contributed by atoms with Crippen molar-refractivity contribution in [2.45, 2.75) is 46.6 Å². The lowest BCUT2D eigenvalue weighted by molar-refractivity contribution is -0.166. The van der Waals surface area contributed by atoms with E-state index in [0.29, 0.717) is 6.42 Å². The summed E-state index contributed by atoms with van der Waals surface area (Å²) in [7, 11) is 0. The normalized spacial score (nSPS) is 25.2. The first-order valence-corrected chi connectivity index (χ1v) is 7.12. The van der Waals surface area contributed by atoms with Gasteiger partial charge in [0.1, 0.15) is 12.0 Å². The minimum absolute atomic E-state index is 0.00862. The van der Waals surface area contributed by atoms with Gasteiger partial charge in [0.2, 0.25) is 0 Å². The summed E-state index contributed by atoms with van der Waals surface area (Å²) in [4.78, 5) is 24.9. The maximum Gasteiger partial charge on any atom is 0.319 e. The molecule has 1 saturated carbocycles. The predicted octanol–water partition coefficient (Wildman–Crippen LogP) is 3.52. The first-order valence-electron chi connectivity index (χ1n) is 7.12. The number of esters is 1. The molecule has 20 heavy (non-hydrogen) atoms. The molecule has 1 aliphatic carbocycles. The second-order valence-electron chi connectivity index (χ2n) is 6.46. The van der Waals surface area contributed by atoms with Crippen LogP contribution in [0.1, 0.15) is 45.6 Å². The van der Waals surface area contributed by atoms with Crippen molar-refractivity contribution in [2.75, 3.05) is 0 Å². The molecule has 0 spiro atoms. The van der Waals surface area contributed by atoms with Gasteiger partial charge in [0.15, 0.2) is 5.78 Å². The Labute approximate surface area is 120 Å². The Bertz CT molecular complexity index is 504. The summed E-state index contributed by atoms with van der Waals surface area (Å²) in [5.74, 6) is -0.381. The summed E-state index contributed by atoms with van der Waals surface area (Å²) in [6, 6.07) is 9.53. The van der Waals surface area contributed by atoms with E-state index in [1.165, 1.54) is 0 Å². The Kier molecular flexibility index (Phi) is 3.98. The van der Waals surface area contributed by atoms with Crippen LogP contribution >= 0.6 is 0 Å². The number of benzene rings is 1. The fourth-order valence-corrected chi connectivity index (χ4v) is 2.93. The molecule has 108 valence electrons. The quantitative estimate of drug-likeness (QED) is 0.625. The number of carbonyl (C=O) groups is 2.